The monoisotopic (exact) mass is 393 g/mol. The van der Waals surface area contributed by atoms with Crippen molar-refractivity contribution in [3.63, 3.8) is 0 Å². The molecule has 1 amide bonds. The van der Waals surface area contributed by atoms with E-state index in [2.05, 4.69) is 4.98 Å². The van der Waals surface area contributed by atoms with Gasteiger partial charge >= 0.3 is 11.7 Å². The molecule has 2 N–H and O–H groups in total. The van der Waals surface area contributed by atoms with Crippen LogP contribution in [0.1, 0.15) is 21.5 Å². The van der Waals surface area contributed by atoms with Gasteiger partial charge in [-0.3, -0.25) is 14.6 Å². The molecule has 1 heterocycles. The molecule has 2 aromatic carbocycles. The van der Waals surface area contributed by atoms with Gasteiger partial charge in [-0.25, -0.2) is 9.59 Å². The lowest BCUT2D eigenvalue weighted by Gasteiger charge is -2.23. The lowest BCUT2D eigenvalue weighted by molar-refractivity contribution is -0.135. The minimum Gasteiger partial charge on any atom is -0.452 e. The predicted octanol–water partition coefficient (Wildman–Crippen LogP) is 1.45. The molecule has 1 aromatic heterocycles. The van der Waals surface area contributed by atoms with E-state index in [1.807, 2.05) is 65.6 Å². The third-order valence-electron chi connectivity index (χ3n) is 4.15. The van der Waals surface area contributed by atoms with Gasteiger partial charge in [0.05, 0.1) is 0 Å². The number of hydrogen-bond acceptors (Lipinski definition) is 5. The second-order valence-corrected chi connectivity index (χ2v) is 6.28. The maximum absolute atomic E-state index is 12.7. The summed E-state index contributed by atoms with van der Waals surface area (Å²) in [6, 6.07) is 18.9. The minimum atomic E-state index is -0.991. The summed E-state index contributed by atoms with van der Waals surface area (Å²) in [5, 5.41) is 0. The maximum Gasteiger partial charge on any atom is 0.345 e. The van der Waals surface area contributed by atoms with E-state index in [0.29, 0.717) is 13.1 Å². The summed E-state index contributed by atoms with van der Waals surface area (Å²) in [6.07, 6.45) is 0.958. The quantitative estimate of drug-likeness (QED) is 0.590. The third-order valence-corrected chi connectivity index (χ3v) is 4.15. The highest BCUT2D eigenvalue weighted by molar-refractivity contribution is 5.90. The van der Waals surface area contributed by atoms with Gasteiger partial charge in [0.25, 0.3) is 11.5 Å². The molecule has 29 heavy (non-hydrogen) atoms. The third kappa shape index (κ3) is 5.52. The fraction of sp³-hybridized carbons (Fsp3) is 0.143. The van der Waals surface area contributed by atoms with Gasteiger partial charge in [-0.15, -0.1) is 0 Å². The number of benzene rings is 2. The number of hydrogen-bond donors (Lipinski definition) is 2. The number of nitrogens with zero attached hydrogens (tertiary/aromatic N) is 1. The average Bonchev–Trinajstić information content (AvgIpc) is 2.73. The van der Waals surface area contributed by atoms with Crippen molar-refractivity contribution >= 4 is 11.9 Å². The van der Waals surface area contributed by atoms with Crippen LogP contribution in [0.5, 0.6) is 0 Å². The van der Waals surface area contributed by atoms with Gasteiger partial charge in [0.2, 0.25) is 0 Å². The maximum atomic E-state index is 12.7. The van der Waals surface area contributed by atoms with Crippen LogP contribution in [0, 0.1) is 0 Å². The van der Waals surface area contributed by atoms with Crippen LogP contribution >= 0.6 is 0 Å². The number of nitrogens with one attached hydrogen (secondary N) is 2. The number of carbonyl (C=O) groups excluding carboxylic acids is 2. The van der Waals surface area contributed by atoms with Crippen molar-refractivity contribution in [2.45, 2.75) is 13.1 Å². The van der Waals surface area contributed by atoms with Crippen molar-refractivity contribution in [3.8, 4) is 0 Å². The first kappa shape index (κ1) is 19.8. The summed E-state index contributed by atoms with van der Waals surface area (Å²) in [6.45, 7) is 0.147. The molecule has 8 nitrogen and oxygen atoms in total. The Morgan fingerprint density at radius 3 is 1.93 bits per heavy atom. The highest BCUT2D eigenvalue weighted by Crippen LogP contribution is 2.11. The molecule has 0 aliphatic rings. The molecule has 3 aromatic rings. The molecule has 0 saturated carbocycles. The summed E-state index contributed by atoms with van der Waals surface area (Å²) < 4.78 is 4.99. The van der Waals surface area contributed by atoms with Crippen molar-refractivity contribution in [1.29, 1.82) is 0 Å². The van der Waals surface area contributed by atoms with E-state index in [9.17, 15) is 19.2 Å². The summed E-state index contributed by atoms with van der Waals surface area (Å²) in [7, 11) is 0. The van der Waals surface area contributed by atoms with Gasteiger partial charge < -0.3 is 14.6 Å². The Kier molecular flexibility index (Phi) is 6.36. The Morgan fingerprint density at radius 2 is 1.41 bits per heavy atom. The molecular formula is C21H19N3O5. The number of esters is 1. The Hall–Kier alpha value is -3.94. The first-order chi connectivity index (χ1) is 14.0. The first-order valence-electron chi connectivity index (χ1n) is 8.87. The first-order valence-corrected chi connectivity index (χ1v) is 8.87. The number of amides is 1. The van der Waals surface area contributed by atoms with E-state index in [1.54, 1.807) is 4.90 Å². The van der Waals surface area contributed by atoms with E-state index < -0.39 is 29.7 Å². The van der Waals surface area contributed by atoms with E-state index in [0.717, 1.165) is 17.3 Å². The summed E-state index contributed by atoms with van der Waals surface area (Å²) in [4.78, 5) is 53.2. The second-order valence-electron chi connectivity index (χ2n) is 6.28. The van der Waals surface area contributed by atoms with Crippen molar-refractivity contribution in [2.24, 2.45) is 0 Å². The zero-order valence-electron chi connectivity index (χ0n) is 15.5. The average molecular weight is 393 g/mol. The van der Waals surface area contributed by atoms with Crippen LogP contribution in [0.4, 0.5) is 0 Å². The molecule has 0 aliphatic carbocycles. The molecule has 148 valence electrons. The van der Waals surface area contributed by atoms with E-state index in [1.165, 1.54) is 0 Å². The molecular weight excluding hydrogens is 374 g/mol. The molecule has 0 unspecified atom stereocenters. The van der Waals surface area contributed by atoms with Gasteiger partial charge in [-0.1, -0.05) is 60.7 Å². The van der Waals surface area contributed by atoms with E-state index >= 15 is 0 Å². The molecule has 0 bridgehead atoms. The Morgan fingerprint density at radius 1 is 0.862 bits per heavy atom. The standard InChI is InChI=1S/C21H19N3O5/c25-18(14-29-20(27)17-11-22-21(28)23-19(17)26)24(12-15-7-3-1-4-8-15)13-16-9-5-2-6-10-16/h1-11H,12-14H2,(H2,22,23,26,28). The van der Waals surface area contributed by atoms with Gasteiger partial charge in [0, 0.05) is 19.3 Å². The lowest BCUT2D eigenvalue weighted by atomic mass is 10.1. The number of aromatic amines is 2. The molecule has 0 spiro atoms. The minimum absolute atomic E-state index is 0.339. The van der Waals surface area contributed by atoms with Crippen LogP contribution in [0.15, 0.2) is 76.4 Å². The number of aromatic nitrogens is 2. The smallest absolute Gasteiger partial charge is 0.345 e. The van der Waals surface area contributed by atoms with Gasteiger partial charge in [-0.05, 0) is 11.1 Å². The normalized spacial score (nSPS) is 10.3. The Balaban J connectivity index is 1.70. The number of H-pyrrole nitrogens is 2. The fourth-order valence-corrected chi connectivity index (χ4v) is 2.70. The molecule has 8 heteroatoms. The van der Waals surface area contributed by atoms with Gasteiger partial charge in [0.15, 0.2) is 6.61 Å². The second kappa shape index (κ2) is 9.32. The zero-order valence-corrected chi connectivity index (χ0v) is 15.5. The van der Waals surface area contributed by atoms with E-state index in [4.69, 9.17) is 4.74 Å². The van der Waals surface area contributed by atoms with Crippen LogP contribution < -0.4 is 11.2 Å². The number of rotatable bonds is 7. The molecule has 3 rings (SSSR count). The van der Waals surface area contributed by atoms with Gasteiger partial charge in [0.1, 0.15) is 5.56 Å². The molecule has 0 fully saturated rings. The van der Waals surface area contributed by atoms with Crippen LogP contribution in [0.3, 0.4) is 0 Å². The van der Waals surface area contributed by atoms with Crippen molar-refractivity contribution < 1.29 is 14.3 Å². The van der Waals surface area contributed by atoms with Crippen molar-refractivity contribution in [3.05, 3.63) is 104 Å². The summed E-state index contributed by atoms with van der Waals surface area (Å²) >= 11 is 0. The number of carbonyl (C=O) groups is 2. The van der Waals surface area contributed by atoms with E-state index in [-0.39, 0.29) is 5.56 Å². The zero-order chi connectivity index (χ0) is 20.6. The SMILES string of the molecule is O=C(OCC(=O)N(Cc1ccccc1)Cc1ccccc1)c1c[nH]c(=O)[nH]c1=O. The molecule has 0 saturated heterocycles. The summed E-state index contributed by atoms with van der Waals surface area (Å²) in [5.41, 5.74) is -0.133. The molecule has 0 radical (unpaired) electrons. The van der Waals surface area contributed by atoms with Crippen LogP contribution in [0.25, 0.3) is 0 Å². The fourth-order valence-electron chi connectivity index (χ4n) is 2.70. The predicted molar refractivity (Wildman–Crippen MR) is 105 cm³/mol. The summed E-state index contributed by atoms with van der Waals surface area (Å²) in [5.74, 6) is -1.40. The largest absolute Gasteiger partial charge is 0.452 e. The van der Waals surface area contributed by atoms with Crippen LogP contribution in [-0.4, -0.2) is 33.4 Å². The highest BCUT2D eigenvalue weighted by Gasteiger charge is 2.19. The molecule has 0 aliphatic heterocycles. The highest BCUT2D eigenvalue weighted by atomic mass is 16.5. The Bertz CT molecular complexity index is 1050. The van der Waals surface area contributed by atoms with Crippen LogP contribution in [-0.2, 0) is 22.6 Å². The van der Waals surface area contributed by atoms with Gasteiger partial charge in [-0.2, -0.15) is 0 Å². The molecule has 0 atom stereocenters. The Labute approximate surface area is 165 Å². The van der Waals surface area contributed by atoms with Crippen molar-refractivity contribution in [1.82, 2.24) is 14.9 Å². The number of ether oxygens (including phenoxy) is 1. The van der Waals surface area contributed by atoms with Crippen molar-refractivity contribution in [2.75, 3.05) is 6.61 Å². The van der Waals surface area contributed by atoms with Crippen LogP contribution in [0.2, 0.25) is 0 Å². The lowest BCUT2D eigenvalue weighted by Crippen LogP contribution is -2.35. The topological polar surface area (TPSA) is 112 Å².